The number of likely N-dealkylation sites (tertiary alicyclic amines) is 1. The minimum absolute atomic E-state index is 0.0496. The van der Waals surface area contributed by atoms with Gasteiger partial charge in [-0.25, -0.2) is 0 Å². The van der Waals surface area contributed by atoms with Crippen LogP contribution >= 0.6 is 34.7 Å². The molecular formula is C14H18ClNO3S2. The lowest BCUT2D eigenvalue weighted by atomic mass is 9.99. The van der Waals surface area contributed by atoms with Crippen LogP contribution in [-0.2, 0) is 15.3 Å². The van der Waals surface area contributed by atoms with E-state index in [0.29, 0.717) is 12.3 Å². The van der Waals surface area contributed by atoms with E-state index in [0.717, 1.165) is 34.2 Å². The number of carbonyl (C=O) groups is 2. The van der Waals surface area contributed by atoms with E-state index in [1.165, 1.54) is 11.3 Å². The first-order valence-electron chi connectivity index (χ1n) is 6.89. The number of thioether (sulfide) groups is 1. The third-order valence-corrected chi connectivity index (χ3v) is 5.84. The summed E-state index contributed by atoms with van der Waals surface area (Å²) >= 11 is 8.95. The second-order valence-corrected chi connectivity index (χ2v) is 7.82. The summed E-state index contributed by atoms with van der Waals surface area (Å²) in [7, 11) is 0. The fraction of sp³-hybridized carbons (Fsp3) is 0.571. The molecule has 7 heteroatoms. The zero-order valence-electron chi connectivity index (χ0n) is 11.6. The molecule has 1 aliphatic heterocycles. The number of piperidine rings is 1. The van der Waals surface area contributed by atoms with Crippen LogP contribution < -0.4 is 0 Å². The molecular weight excluding hydrogens is 330 g/mol. The summed E-state index contributed by atoms with van der Waals surface area (Å²) in [6.45, 7) is 0.683. The molecule has 2 rings (SSSR count). The summed E-state index contributed by atoms with van der Waals surface area (Å²) in [6, 6.07) is 3.69. The third kappa shape index (κ3) is 5.20. The molecule has 0 bridgehead atoms. The zero-order chi connectivity index (χ0) is 15.2. The van der Waals surface area contributed by atoms with Crippen LogP contribution in [-0.4, -0.2) is 40.2 Å². The maximum absolute atomic E-state index is 12.3. The smallest absolute Gasteiger partial charge is 0.305 e. The lowest BCUT2D eigenvalue weighted by molar-refractivity contribution is -0.141. The fourth-order valence-electron chi connectivity index (χ4n) is 2.49. The number of halogens is 1. The zero-order valence-corrected chi connectivity index (χ0v) is 14.0. The maximum Gasteiger partial charge on any atom is 0.305 e. The molecule has 1 atom stereocenters. The van der Waals surface area contributed by atoms with Crippen LogP contribution in [0.15, 0.2) is 12.1 Å². The van der Waals surface area contributed by atoms with Gasteiger partial charge < -0.3 is 10.0 Å². The average molecular weight is 348 g/mol. The lowest BCUT2D eigenvalue weighted by Gasteiger charge is -2.35. The first-order valence-corrected chi connectivity index (χ1v) is 9.24. The van der Waals surface area contributed by atoms with Gasteiger partial charge in [0.15, 0.2) is 0 Å². The molecule has 0 aliphatic carbocycles. The van der Waals surface area contributed by atoms with Gasteiger partial charge in [0.2, 0.25) is 5.91 Å². The van der Waals surface area contributed by atoms with Crippen LogP contribution in [0.1, 0.15) is 30.6 Å². The Bertz CT molecular complexity index is 506. The molecule has 1 aromatic heterocycles. The summed E-state index contributed by atoms with van der Waals surface area (Å²) in [4.78, 5) is 26.1. The number of thiophene rings is 1. The Hall–Kier alpha value is -0.720. The monoisotopic (exact) mass is 347 g/mol. The Morgan fingerprint density at radius 1 is 1.43 bits per heavy atom. The predicted molar refractivity (Wildman–Crippen MR) is 87.1 cm³/mol. The summed E-state index contributed by atoms with van der Waals surface area (Å²) in [5.74, 6) is 0.376. The molecule has 21 heavy (non-hydrogen) atoms. The minimum atomic E-state index is -0.833. The van der Waals surface area contributed by atoms with Crippen LogP contribution in [0.25, 0.3) is 0 Å². The van der Waals surface area contributed by atoms with Crippen molar-refractivity contribution in [2.75, 3.05) is 12.3 Å². The van der Waals surface area contributed by atoms with Crippen molar-refractivity contribution in [1.29, 1.82) is 0 Å². The number of carboxylic acid groups (broad SMARTS) is 1. The summed E-state index contributed by atoms with van der Waals surface area (Å²) < 4.78 is 0.759. The van der Waals surface area contributed by atoms with Crippen LogP contribution in [0.5, 0.6) is 0 Å². The van der Waals surface area contributed by atoms with Gasteiger partial charge in [-0.2, -0.15) is 0 Å². The number of carboxylic acids is 1. The van der Waals surface area contributed by atoms with E-state index >= 15 is 0 Å². The van der Waals surface area contributed by atoms with Gasteiger partial charge >= 0.3 is 5.97 Å². The average Bonchev–Trinajstić information content (AvgIpc) is 2.84. The summed E-state index contributed by atoms with van der Waals surface area (Å²) in [5.41, 5.74) is 0. The van der Waals surface area contributed by atoms with Gasteiger partial charge in [-0.05, 0) is 31.4 Å². The fourth-order valence-corrected chi connectivity index (χ4v) is 4.60. The molecule has 2 heterocycles. The molecule has 0 saturated carbocycles. The van der Waals surface area contributed by atoms with E-state index in [9.17, 15) is 9.59 Å². The highest BCUT2D eigenvalue weighted by molar-refractivity contribution is 7.99. The number of carbonyl (C=O) groups excluding carboxylic acids is 1. The Morgan fingerprint density at radius 2 is 2.24 bits per heavy atom. The van der Waals surface area contributed by atoms with E-state index in [1.54, 1.807) is 16.7 Å². The van der Waals surface area contributed by atoms with Crippen molar-refractivity contribution in [2.45, 2.75) is 37.5 Å². The molecule has 1 fully saturated rings. The summed E-state index contributed by atoms with van der Waals surface area (Å²) in [6.07, 6.45) is 2.82. The molecule has 1 unspecified atom stereocenters. The van der Waals surface area contributed by atoms with Crippen molar-refractivity contribution in [2.24, 2.45) is 0 Å². The molecule has 1 amide bonds. The van der Waals surface area contributed by atoms with Crippen molar-refractivity contribution in [3.05, 3.63) is 21.3 Å². The van der Waals surface area contributed by atoms with Gasteiger partial charge in [0.1, 0.15) is 0 Å². The molecule has 1 saturated heterocycles. The minimum Gasteiger partial charge on any atom is -0.481 e. The second kappa shape index (κ2) is 8.06. The van der Waals surface area contributed by atoms with Crippen molar-refractivity contribution in [1.82, 2.24) is 4.90 Å². The normalized spacial score (nSPS) is 18.7. The van der Waals surface area contributed by atoms with Crippen molar-refractivity contribution >= 4 is 46.6 Å². The predicted octanol–water partition coefficient (Wildman–Crippen LogP) is 3.49. The third-order valence-electron chi connectivity index (χ3n) is 3.46. The van der Waals surface area contributed by atoms with Crippen molar-refractivity contribution in [3.63, 3.8) is 0 Å². The topological polar surface area (TPSA) is 57.6 Å². The SMILES string of the molecule is O=C(O)CC1CCCCN1C(=O)CSCc1ccc(Cl)s1. The Kier molecular flexibility index (Phi) is 6.39. The molecule has 116 valence electrons. The quantitative estimate of drug-likeness (QED) is 0.855. The van der Waals surface area contributed by atoms with Crippen LogP contribution in [0, 0.1) is 0 Å². The highest BCUT2D eigenvalue weighted by Gasteiger charge is 2.28. The molecule has 1 N–H and O–H groups in total. The van der Waals surface area contributed by atoms with Crippen molar-refractivity contribution < 1.29 is 14.7 Å². The maximum atomic E-state index is 12.3. The Balaban J connectivity index is 1.81. The number of hydrogen-bond donors (Lipinski definition) is 1. The van der Waals surface area contributed by atoms with E-state index in [2.05, 4.69) is 0 Å². The standard InChI is InChI=1S/C14H18ClNO3S2/c15-12-5-4-11(21-12)8-20-9-13(17)16-6-2-1-3-10(16)7-14(18)19/h4-5,10H,1-3,6-9H2,(H,18,19). The first kappa shape index (κ1) is 16.6. The van der Waals surface area contributed by atoms with Gasteiger partial charge in [-0.3, -0.25) is 9.59 Å². The van der Waals surface area contributed by atoms with E-state index in [1.807, 2.05) is 12.1 Å². The molecule has 4 nitrogen and oxygen atoms in total. The first-order chi connectivity index (χ1) is 10.1. The molecule has 0 radical (unpaired) electrons. The number of hydrogen-bond acceptors (Lipinski definition) is 4. The number of aliphatic carboxylic acids is 1. The van der Waals surface area contributed by atoms with Gasteiger partial charge in [0.25, 0.3) is 0 Å². The Labute approximate surface area is 137 Å². The summed E-state index contributed by atoms with van der Waals surface area (Å²) in [5, 5.41) is 8.94. The van der Waals surface area contributed by atoms with Gasteiger partial charge in [-0.1, -0.05) is 11.6 Å². The highest BCUT2D eigenvalue weighted by Crippen LogP contribution is 2.26. The number of nitrogens with zero attached hydrogens (tertiary/aromatic N) is 1. The van der Waals surface area contributed by atoms with Crippen molar-refractivity contribution in [3.8, 4) is 0 Å². The number of amides is 1. The van der Waals surface area contributed by atoms with Crippen LogP contribution in [0.3, 0.4) is 0 Å². The van der Waals surface area contributed by atoms with Gasteiger partial charge in [-0.15, -0.1) is 23.1 Å². The lowest BCUT2D eigenvalue weighted by Crippen LogP contribution is -2.45. The largest absolute Gasteiger partial charge is 0.481 e. The highest BCUT2D eigenvalue weighted by atomic mass is 35.5. The van der Waals surface area contributed by atoms with Gasteiger partial charge in [0.05, 0.1) is 16.5 Å². The van der Waals surface area contributed by atoms with Crippen LogP contribution in [0.4, 0.5) is 0 Å². The van der Waals surface area contributed by atoms with Crippen LogP contribution in [0.2, 0.25) is 4.34 Å². The molecule has 1 aromatic rings. The molecule has 0 spiro atoms. The van der Waals surface area contributed by atoms with E-state index in [4.69, 9.17) is 16.7 Å². The molecule has 1 aliphatic rings. The second-order valence-electron chi connectivity index (χ2n) is 5.03. The molecule has 0 aromatic carbocycles. The Morgan fingerprint density at radius 3 is 2.90 bits per heavy atom. The van der Waals surface area contributed by atoms with Gasteiger partial charge in [0, 0.05) is 23.2 Å². The number of rotatable bonds is 6. The van der Waals surface area contributed by atoms with E-state index < -0.39 is 5.97 Å². The van der Waals surface area contributed by atoms with E-state index in [-0.39, 0.29) is 18.4 Å².